The minimum absolute atomic E-state index is 0.0225. The summed E-state index contributed by atoms with van der Waals surface area (Å²) in [5.74, 6) is 1.12. The van der Waals surface area contributed by atoms with Crippen LogP contribution in [0.3, 0.4) is 0 Å². The molecule has 2 amide bonds. The van der Waals surface area contributed by atoms with E-state index in [-0.39, 0.29) is 17.9 Å². The van der Waals surface area contributed by atoms with Crippen LogP contribution in [0.5, 0.6) is 11.5 Å². The van der Waals surface area contributed by atoms with E-state index in [9.17, 15) is 9.59 Å². The van der Waals surface area contributed by atoms with E-state index in [1.165, 1.54) is 6.92 Å². The van der Waals surface area contributed by atoms with E-state index in [4.69, 9.17) is 9.47 Å². The number of rotatable bonds is 6. The molecule has 1 N–H and O–H groups in total. The first-order valence-electron chi connectivity index (χ1n) is 8.51. The molecular weight excluding hydrogens is 308 g/mol. The normalized spacial score (nSPS) is 17.3. The Hall–Kier alpha value is -2.24. The van der Waals surface area contributed by atoms with Gasteiger partial charge in [-0.3, -0.25) is 9.59 Å². The number of benzene rings is 1. The molecule has 24 heavy (non-hydrogen) atoms. The van der Waals surface area contributed by atoms with Crippen molar-refractivity contribution < 1.29 is 19.1 Å². The Bertz CT molecular complexity index is 588. The maximum Gasteiger partial charge on any atom is 0.254 e. The van der Waals surface area contributed by atoms with Gasteiger partial charge in [0.25, 0.3) is 5.91 Å². The second-order valence-corrected chi connectivity index (χ2v) is 5.82. The third-order valence-electron chi connectivity index (χ3n) is 3.91. The van der Waals surface area contributed by atoms with Gasteiger partial charge in [-0.05, 0) is 44.9 Å². The maximum atomic E-state index is 12.8. The molecule has 0 spiro atoms. The van der Waals surface area contributed by atoms with Gasteiger partial charge in [0.15, 0.2) is 11.5 Å². The van der Waals surface area contributed by atoms with Gasteiger partial charge in [-0.15, -0.1) is 0 Å². The Kier molecular flexibility index (Phi) is 6.46. The van der Waals surface area contributed by atoms with Gasteiger partial charge in [-0.25, -0.2) is 0 Å². The van der Waals surface area contributed by atoms with E-state index in [2.05, 4.69) is 5.32 Å². The number of ether oxygens (including phenoxy) is 2. The van der Waals surface area contributed by atoms with Crippen molar-refractivity contribution in [3.63, 3.8) is 0 Å². The summed E-state index contributed by atoms with van der Waals surface area (Å²) in [5, 5.41) is 2.90. The predicted octanol–water partition coefficient (Wildman–Crippen LogP) is 2.22. The molecule has 6 nitrogen and oxygen atoms in total. The Labute approximate surface area is 143 Å². The smallest absolute Gasteiger partial charge is 0.254 e. The van der Waals surface area contributed by atoms with Crippen molar-refractivity contribution in [3.8, 4) is 11.5 Å². The summed E-state index contributed by atoms with van der Waals surface area (Å²) >= 11 is 0. The molecule has 1 aliphatic heterocycles. The molecule has 1 saturated heterocycles. The van der Waals surface area contributed by atoms with Gasteiger partial charge in [0.2, 0.25) is 5.91 Å². The number of amides is 2. The highest BCUT2D eigenvalue weighted by molar-refractivity contribution is 5.95. The standard InChI is InChI=1S/C18H26N2O4/c1-4-23-16-9-8-14(11-17(16)24-5-2)18(22)20-10-6-7-15(12-20)19-13(3)21/h8-9,11,15H,4-7,10,12H2,1-3H3,(H,19,21). The van der Waals surface area contributed by atoms with E-state index < -0.39 is 0 Å². The largest absolute Gasteiger partial charge is 0.490 e. The number of hydrogen-bond acceptors (Lipinski definition) is 4. The minimum atomic E-state index is -0.0611. The summed E-state index contributed by atoms with van der Waals surface area (Å²) in [4.78, 5) is 25.8. The lowest BCUT2D eigenvalue weighted by Crippen LogP contribution is -2.49. The molecule has 1 unspecified atom stereocenters. The van der Waals surface area contributed by atoms with Crippen LogP contribution in [-0.2, 0) is 4.79 Å². The zero-order chi connectivity index (χ0) is 17.5. The lowest BCUT2D eigenvalue weighted by molar-refractivity contribution is -0.120. The van der Waals surface area contributed by atoms with Crippen LogP contribution >= 0.6 is 0 Å². The summed E-state index contributed by atoms with van der Waals surface area (Å²) in [6.07, 6.45) is 1.78. The lowest BCUT2D eigenvalue weighted by atomic mass is 10.0. The summed E-state index contributed by atoms with van der Waals surface area (Å²) in [6, 6.07) is 5.29. The summed E-state index contributed by atoms with van der Waals surface area (Å²) in [6.45, 7) is 7.59. The highest BCUT2D eigenvalue weighted by atomic mass is 16.5. The van der Waals surface area contributed by atoms with Gasteiger partial charge in [-0.2, -0.15) is 0 Å². The number of carbonyl (C=O) groups excluding carboxylic acids is 2. The molecule has 1 aromatic rings. The van der Waals surface area contributed by atoms with E-state index in [1.54, 1.807) is 23.1 Å². The average Bonchev–Trinajstić information content (AvgIpc) is 2.56. The van der Waals surface area contributed by atoms with Crippen molar-refractivity contribution in [1.29, 1.82) is 0 Å². The number of piperidine rings is 1. The van der Waals surface area contributed by atoms with Crippen LogP contribution in [0.4, 0.5) is 0 Å². The summed E-state index contributed by atoms with van der Waals surface area (Å²) in [7, 11) is 0. The number of nitrogens with zero attached hydrogens (tertiary/aromatic N) is 1. The third-order valence-corrected chi connectivity index (χ3v) is 3.91. The SMILES string of the molecule is CCOc1ccc(C(=O)N2CCCC(NC(C)=O)C2)cc1OCC. The van der Waals surface area contributed by atoms with Crippen molar-refractivity contribution in [2.75, 3.05) is 26.3 Å². The Morgan fingerprint density at radius 2 is 1.92 bits per heavy atom. The molecule has 132 valence electrons. The van der Waals surface area contributed by atoms with Crippen LogP contribution in [0.15, 0.2) is 18.2 Å². The second-order valence-electron chi connectivity index (χ2n) is 5.82. The third kappa shape index (κ3) is 4.63. The molecule has 0 bridgehead atoms. The average molecular weight is 334 g/mol. The number of nitrogens with one attached hydrogen (secondary N) is 1. The molecule has 0 aromatic heterocycles. The van der Waals surface area contributed by atoms with Crippen molar-refractivity contribution in [2.45, 2.75) is 39.7 Å². The van der Waals surface area contributed by atoms with Crippen LogP contribution in [-0.4, -0.2) is 49.1 Å². The Balaban J connectivity index is 2.13. The van der Waals surface area contributed by atoms with Crippen molar-refractivity contribution in [1.82, 2.24) is 10.2 Å². The van der Waals surface area contributed by atoms with Crippen LogP contribution in [0, 0.1) is 0 Å². The van der Waals surface area contributed by atoms with Crippen LogP contribution in [0.25, 0.3) is 0 Å². The molecule has 2 rings (SSSR count). The first-order valence-corrected chi connectivity index (χ1v) is 8.51. The molecule has 6 heteroatoms. The number of hydrogen-bond donors (Lipinski definition) is 1. The fourth-order valence-electron chi connectivity index (χ4n) is 2.93. The quantitative estimate of drug-likeness (QED) is 0.866. The first-order chi connectivity index (χ1) is 11.5. The van der Waals surface area contributed by atoms with Crippen molar-refractivity contribution >= 4 is 11.8 Å². The summed E-state index contributed by atoms with van der Waals surface area (Å²) in [5.41, 5.74) is 0.574. The van der Waals surface area contributed by atoms with Gasteiger partial charge in [0.05, 0.1) is 13.2 Å². The highest BCUT2D eigenvalue weighted by Gasteiger charge is 2.25. The fraction of sp³-hybridized carbons (Fsp3) is 0.556. The molecular formula is C18H26N2O4. The van der Waals surface area contributed by atoms with E-state index in [0.717, 1.165) is 12.8 Å². The van der Waals surface area contributed by atoms with Crippen molar-refractivity contribution in [2.24, 2.45) is 0 Å². The zero-order valence-corrected chi connectivity index (χ0v) is 14.6. The van der Waals surface area contributed by atoms with Crippen LogP contribution in [0.1, 0.15) is 44.0 Å². The number of likely N-dealkylation sites (tertiary alicyclic amines) is 1. The van der Waals surface area contributed by atoms with Crippen LogP contribution in [0.2, 0.25) is 0 Å². The number of carbonyl (C=O) groups is 2. The molecule has 1 heterocycles. The first kappa shape index (κ1) is 18.1. The van der Waals surface area contributed by atoms with E-state index in [0.29, 0.717) is 43.4 Å². The Morgan fingerprint density at radius 1 is 1.21 bits per heavy atom. The predicted molar refractivity (Wildman–Crippen MR) is 91.5 cm³/mol. The highest BCUT2D eigenvalue weighted by Crippen LogP contribution is 2.29. The van der Waals surface area contributed by atoms with Gasteiger partial charge in [-0.1, -0.05) is 0 Å². The van der Waals surface area contributed by atoms with Gasteiger partial charge in [0.1, 0.15) is 0 Å². The van der Waals surface area contributed by atoms with E-state index >= 15 is 0 Å². The topological polar surface area (TPSA) is 67.9 Å². The molecule has 1 atom stereocenters. The zero-order valence-electron chi connectivity index (χ0n) is 14.6. The molecule has 0 saturated carbocycles. The minimum Gasteiger partial charge on any atom is -0.490 e. The second kappa shape index (κ2) is 8.57. The maximum absolute atomic E-state index is 12.8. The van der Waals surface area contributed by atoms with Gasteiger partial charge >= 0.3 is 0 Å². The molecule has 1 aliphatic rings. The van der Waals surface area contributed by atoms with Crippen LogP contribution < -0.4 is 14.8 Å². The van der Waals surface area contributed by atoms with Crippen molar-refractivity contribution in [3.05, 3.63) is 23.8 Å². The summed E-state index contributed by atoms with van der Waals surface area (Å²) < 4.78 is 11.1. The van der Waals surface area contributed by atoms with E-state index in [1.807, 2.05) is 13.8 Å². The molecule has 0 radical (unpaired) electrons. The molecule has 1 fully saturated rings. The Morgan fingerprint density at radius 3 is 2.58 bits per heavy atom. The fourth-order valence-corrected chi connectivity index (χ4v) is 2.93. The molecule has 0 aliphatic carbocycles. The lowest BCUT2D eigenvalue weighted by Gasteiger charge is -2.33. The van der Waals surface area contributed by atoms with Gasteiger partial charge < -0.3 is 19.7 Å². The van der Waals surface area contributed by atoms with Gasteiger partial charge in [0, 0.05) is 31.6 Å². The monoisotopic (exact) mass is 334 g/mol. The molecule has 1 aromatic carbocycles.